The number of hydrogen-bond donors (Lipinski definition) is 1. The molecule has 0 radical (unpaired) electrons. The summed E-state index contributed by atoms with van der Waals surface area (Å²) in [5, 5.41) is 5.49. The normalized spacial score (nSPS) is 22.9. The number of rotatable bonds is 3. The molecule has 5 nitrogen and oxygen atoms in total. The fraction of sp³-hybridized carbons (Fsp3) is 0.615. The topological polar surface area (TPSA) is 35.8 Å². The number of fused-ring (bicyclic) bond motifs is 1. The maximum atomic E-state index is 4.65. The highest BCUT2D eigenvalue weighted by molar-refractivity contribution is 7.15. The van der Waals surface area contributed by atoms with Gasteiger partial charge in [-0.05, 0) is 0 Å². The molecule has 0 saturated carbocycles. The molecule has 0 unspecified atom stereocenters. The number of thiazole rings is 1. The van der Waals surface area contributed by atoms with Crippen LogP contribution in [0, 0.1) is 0 Å². The molecule has 0 bridgehead atoms. The van der Waals surface area contributed by atoms with Gasteiger partial charge in [0.05, 0.1) is 5.69 Å². The molecule has 0 atom stereocenters. The Hall–Kier alpha value is -0.950. The number of likely N-dealkylation sites (tertiary alicyclic amines) is 1. The summed E-state index contributed by atoms with van der Waals surface area (Å²) in [7, 11) is 0. The third-order valence-electron chi connectivity index (χ3n) is 4.13. The lowest BCUT2D eigenvalue weighted by atomic mass is 10.1. The second kappa shape index (κ2) is 4.86. The highest BCUT2D eigenvalue weighted by atomic mass is 32.1. The molecule has 0 spiro atoms. The van der Waals surface area contributed by atoms with Crippen molar-refractivity contribution >= 4 is 16.3 Å². The second-order valence-corrected chi connectivity index (χ2v) is 6.33. The highest BCUT2D eigenvalue weighted by Gasteiger charge is 2.32. The van der Waals surface area contributed by atoms with E-state index in [4.69, 9.17) is 0 Å². The molecule has 2 aromatic heterocycles. The van der Waals surface area contributed by atoms with Gasteiger partial charge in [-0.15, -0.1) is 11.3 Å². The quantitative estimate of drug-likeness (QED) is 0.885. The van der Waals surface area contributed by atoms with Gasteiger partial charge < -0.3 is 5.32 Å². The minimum Gasteiger partial charge on any atom is -0.314 e. The molecule has 2 saturated heterocycles. The van der Waals surface area contributed by atoms with Gasteiger partial charge in [0.2, 0.25) is 0 Å². The molecule has 4 heterocycles. The molecule has 19 heavy (non-hydrogen) atoms. The second-order valence-electron chi connectivity index (χ2n) is 5.46. The van der Waals surface area contributed by atoms with Gasteiger partial charge >= 0.3 is 0 Å². The molecule has 6 heteroatoms. The first-order valence-electron chi connectivity index (χ1n) is 6.97. The van der Waals surface area contributed by atoms with Gasteiger partial charge in [0.1, 0.15) is 0 Å². The summed E-state index contributed by atoms with van der Waals surface area (Å²) in [4.78, 5) is 10.9. The van der Waals surface area contributed by atoms with Crippen LogP contribution in [0.3, 0.4) is 0 Å². The van der Waals surface area contributed by atoms with E-state index in [-0.39, 0.29) is 0 Å². The van der Waals surface area contributed by atoms with Crippen LogP contribution in [-0.4, -0.2) is 64.5 Å². The van der Waals surface area contributed by atoms with E-state index in [2.05, 4.69) is 42.3 Å². The van der Waals surface area contributed by atoms with Gasteiger partial charge in [-0.2, -0.15) is 0 Å². The lowest BCUT2D eigenvalue weighted by Gasteiger charge is -2.46. The molecule has 2 aliphatic rings. The molecular weight excluding hydrogens is 258 g/mol. The molecule has 102 valence electrons. The molecule has 0 aliphatic carbocycles. The van der Waals surface area contributed by atoms with Crippen LogP contribution < -0.4 is 5.32 Å². The predicted molar refractivity (Wildman–Crippen MR) is 76.6 cm³/mol. The summed E-state index contributed by atoms with van der Waals surface area (Å²) < 4.78 is 2.12. The molecule has 0 amide bonds. The SMILES string of the molecule is c1cn2cc(CN3CC(N4CCNCC4)C3)nc2s1. The number of nitrogens with zero attached hydrogens (tertiary/aromatic N) is 4. The maximum absolute atomic E-state index is 4.65. The minimum atomic E-state index is 0.769. The first-order chi connectivity index (χ1) is 9.38. The Labute approximate surface area is 116 Å². The van der Waals surface area contributed by atoms with Crippen LogP contribution in [0.15, 0.2) is 17.8 Å². The Morgan fingerprint density at radius 3 is 2.95 bits per heavy atom. The molecule has 2 aromatic rings. The van der Waals surface area contributed by atoms with Crippen molar-refractivity contribution in [2.24, 2.45) is 0 Å². The Kier molecular flexibility index (Phi) is 3.03. The Morgan fingerprint density at radius 1 is 1.32 bits per heavy atom. The third-order valence-corrected chi connectivity index (χ3v) is 4.91. The van der Waals surface area contributed by atoms with E-state index in [9.17, 15) is 0 Å². The third kappa shape index (κ3) is 2.29. The maximum Gasteiger partial charge on any atom is 0.193 e. The number of piperazine rings is 1. The van der Waals surface area contributed by atoms with Crippen molar-refractivity contribution in [3.63, 3.8) is 0 Å². The summed E-state index contributed by atoms with van der Waals surface area (Å²) in [6.07, 6.45) is 4.24. The Balaban J connectivity index is 1.32. The van der Waals surface area contributed by atoms with Crippen LogP contribution in [0.4, 0.5) is 0 Å². The lowest BCUT2D eigenvalue weighted by Crippen LogP contribution is -2.62. The van der Waals surface area contributed by atoms with Crippen molar-refractivity contribution in [2.75, 3.05) is 39.3 Å². The minimum absolute atomic E-state index is 0.769. The first kappa shape index (κ1) is 11.8. The zero-order valence-electron chi connectivity index (χ0n) is 11.0. The summed E-state index contributed by atoms with van der Waals surface area (Å²) >= 11 is 1.70. The fourth-order valence-corrected chi connectivity index (χ4v) is 3.75. The van der Waals surface area contributed by atoms with Crippen LogP contribution >= 0.6 is 11.3 Å². The van der Waals surface area contributed by atoms with E-state index >= 15 is 0 Å². The van der Waals surface area contributed by atoms with Gasteiger partial charge in [-0.25, -0.2) is 4.98 Å². The van der Waals surface area contributed by atoms with E-state index in [0.29, 0.717) is 0 Å². The average molecular weight is 277 g/mol. The van der Waals surface area contributed by atoms with Crippen LogP contribution in [0.5, 0.6) is 0 Å². The monoisotopic (exact) mass is 277 g/mol. The van der Waals surface area contributed by atoms with Gasteiger partial charge in [-0.1, -0.05) is 0 Å². The van der Waals surface area contributed by atoms with Crippen molar-refractivity contribution in [2.45, 2.75) is 12.6 Å². The van der Waals surface area contributed by atoms with Crippen LogP contribution in [0.25, 0.3) is 4.96 Å². The Bertz CT molecular complexity index is 522. The fourth-order valence-electron chi connectivity index (χ4n) is 3.03. The number of aromatic nitrogens is 2. The summed E-state index contributed by atoms with van der Waals surface area (Å²) in [5.41, 5.74) is 1.20. The summed E-state index contributed by atoms with van der Waals surface area (Å²) in [6, 6.07) is 0.769. The van der Waals surface area contributed by atoms with E-state index in [1.54, 1.807) is 11.3 Å². The van der Waals surface area contributed by atoms with E-state index in [1.165, 1.54) is 31.9 Å². The lowest BCUT2D eigenvalue weighted by molar-refractivity contribution is 0.0217. The van der Waals surface area contributed by atoms with Crippen molar-refractivity contribution in [3.05, 3.63) is 23.5 Å². The molecule has 2 fully saturated rings. The van der Waals surface area contributed by atoms with Gasteiger partial charge in [0.15, 0.2) is 4.96 Å². The molecule has 4 rings (SSSR count). The smallest absolute Gasteiger partial charge is 0.193 e. The predicted octanol–water partition coefficient (Wildman–Crippen LogP) is 0.485. The standard InChI is InChI=1S/C13H19N5S/c1-3-17(4-2-14-1)12-9-16(10-12)7-11-8-18-5-6-19-13(18)15-11/h5-6,8,12,14H,1-4,7,9-10H2. The van der Waals surface area contributed by atoms with Crippen molar-refractivity contribution in [1.82, 2.24) is 24.5 Å². The van der Waals surface area contributed by atoms with Crippen LogP contribution in [0.1, 0.15) is 5.69 Å². The van der Waals surface area contributed by atoms with Crippen molar-refractivity contribution in [1.29, 1.82) is 0 Å². The van der Waals surface area contributed by atoms with Crippen LogP contribution in [0.2, 0.25) is 0 Å². The van der Waals surface area contributed by atoms with Gasteiger partial charge in [0, 0.05) is 69.6 Å². The largest absolute Gasteiger partial charge is 0.314 e. The van der Waals surface area contributed by atoms with E-state index in [1.807, 2.05) is 0 Å². The Morgan fingerprint density at radius 2 is 2.16 bits per heavy atom. The molecular formula is C13H19N5S. The number of hydrogen-bond acceptors (Lipinski definition) is 5. The van der Waals surface area contributed by atoms with E-state index < -0.39 is 0 Å². The molecule has 2 aliphatic heterocycles. The summed E-state index contributed by atoms with van der Waals surface area (Å²) in [5.74, 6) is 0. The van der Waals surface area contributed by atoms with Crippen molar-refractivity contribution in [3.8, 4) is 0 Å². The summed E-state index contributed by atoms with van der Waals surface area (Å²) in [6.45, 7) is 8.10. The number of imidazole rings is 1. The van der Waals surface area contributed by atoms with Crippen molar-refractivity contribution < 1.29 is 0 Å². The highest BCUT2D eigenvalue weighted by Crippen LogP contribution is 2.19. The van der Waals surface area contributed by atoms with E-state index in [0.717, 1.165) is 30.6 Å². The van der Waals surface area contributed by atoms with Gasteiger partial charge in [0.25, 0.3) is 0 Å². The molecule has 0 aromatic carbocycles. The zero-order valence-corrected chi connectivity index (χ0v) is 11.8. The average Bonchev–Trinajstić information content (AvgIpc) is 2.95. The zero-order chi connectivity index (χ0) is 12.7. The number of nitrogens with one attached hydrogen (secondary N) is 1. The first-order valence-corrected chi connectivity index (χ1v) is 7.85. The van der Waals surface area contributed by atoms with Crippen LogP contribution in [-0.2, 0) is 6.54 Å². The molecule has 1 N–H and O–H groups in total. The van der Waals surface area contributed by atoms with Gasteiger partial charge in [-0.3, -0.25) is 14.2 Å².